The lowest BCUT2D eigenvalue weighted by Crippen LogP contribution is -2.37. The van der Waals surface area contributed by atoms with Gasteiger partial charge in [0.05, 0.1) is 18.8 Å². The Morgan fingerprint density at radius 1 is 1.16 bits per heavy atom. The molecule has 0 unspecified atom stereocenters. The number of hydrogen-bond acceptors (Lipinski definition) is 5. The summed E-state index contributed by atoms with van der Waals surface area (Å²) >= 11 is 6.17. The van der Waals surface area contributed by atoms with Crippen LogP contribution in [-0.4, -0.2) is 38.3 Å². The van der Waals surface area contributed by atoms with Crippen molar-refractivity contribution in [2.75, 3.05) is 18.0 Å². The molecule has 25 heavy (non-hydrogen) atoms. The first kappa shape index (κ1) is 14.4. The second-order valence-electron chi connectivity index (χ2n) is 5.95. The van der Waals surface area contributed by atoms with Gasteiger partial charge in [0.15, 0.2) is 0 Å². The summed E-state index contributed by atoms with van der Waals surface area (Å²) in [6.45, 7) is 1.78. The molecule has 0 radical (unpaired) electrons. The number of benzene rings is 1. The van der Waals surface area contributed by atoms with Gasteiger partial charge in [-0.2, -0.15) is 0 Å². The van der Waals surface area contributed by atoms with E-state index in [9.17, 15) is 4.79 Å². The molecule has 1 aromatic carbocycles. The maximum Gasteiger partial charge on any atom is 0.352 e. The smallest absolute Gasteiger partial charge is 0.293 e. The summed E-state index contributed by atoms with van der Waals surface area (Å²) in [5.74, 6) is 1.44. The molecule has 0 N–H and O–H groups in total. The van der Waals surface area contributed by atoms with Crippen molar-refractivity contribution in [3.05, 3.63) is 69.4 Å². The molecular weight excluding hydrogens is 340 g/mol. The second-order valence-corrected chi connectivity index (χ2v) is 6.39. The Morgan fingerprint density at radius 3 is 2.84 bits per heavy atom. The molecule has 0 aliphatic carbocycles. The van der Waals surface area contributed by atoms with Crippen molar-refractivity contribution in [1.82, 2.24) is 19.3 Å². The Labute approximate surface area is 147 Å². The van der Waals surface area contributed by atoms with Gasteiger partial charge in [-0.15, -0.1) is 5.10 Å². The summed E-state index contributed by atoms with van der Waals surface area (Å²) in [7, 11) is 0. The molecule has 2 aromatic heterocycles. The predicted molar refractivity (Wildman–Crippen MR) is 94.9 cm³/mol. The number of anilines is 1. The lowest BCUT2D eigenvalue weighted by atomic mass is 10.1. The zero-order chi connectivity index (χ0) is 17.0. The van der Waals surface area contributed by atoms with E-state index in [0.29, 0.717) is 30.6 Å². The van der Waals surface area contributed by atoms with Crippen molar-refractivity contribution in [2.45, 2.75) is 6.54 Å². The summed E-state index contributed by atoms with van der Waals surface area (Å²) in [5, 5.41) is 5.14. The van der Waals surface area contributed by atoms with Crippen molar-refractivity contribution in [3.8, 4) is 5.69 Å². The number of hydrogen-bond donors (Lipinski definition) is 0. The molecule has 4 heterocycles. The molecule has 0 bridgehead atoms. The Bertz CT molecular complexity index is 1070. The highest BCUT2D eigenvalue weighted by atomic mass is 35.5. The van der Waals surface area contributed by atoms with Crippen molar-refractivity contribution in [1.29, 1.82) is 0 Å². The standard InChI is InChI=1S/C17H13ClN6O/c18-12-1-2-13-14(9-12)24-16(22-8-7-20-15(13)22)21-23(17(24)25)10-11-3-5-19-6-4-11/h1-6,9H,7-8,10H2. The van der Waals surface area contributed by atoms with Crippen LogP contribution >= 0.6 is 11.6 Å². The Hall–Kier alpha value is -2.93. The van der Waals surface area contributed by atoms with Crippen LogP contribution < -0.4 is 10.6 Å². The quantitative estimate of drug-likeness (QED) is 0.704. The van der Waals surface area contributed by atoms with E-state index < -0.39 is 0 Å². The van der Waals surface area contributed by atoms with Crippen LogP contribution in [0.15, 0.2) is 52.5 Å². The Morgan fingerprint density at radius 2 is 2.00 bits per heavy atom. The first-order valence-electron chi connectivity index (χ1n) is 7.93. The third kappa shape index (κ3) is 2.12. The number of rotatable bonds is 2. The van der Waals surface area contributed by atoms with Crippen LogP contribution in [0.3, 0.4) is 0 Å². The van der Waals surface area contributed by atoms with E-state index in [4.69, 9.17) is 11.6 Å². The van der Waals surface area contributed by atoms with E-state index in [1.807, 2.05) is 29.2 Å². The lowest BCUT2D eigenvalue weighted by Gasteiger charge is -2.26. The van der Waals surface area contributed by atoms with E-state index in [2.05, 4.69) is 15.1 Å². The summed E-state index contributed by atoms with van der Waals surface area (Å²) in [6, 6.07) is 9.26. The largest absolute Gasteiger partial charge is 0.352 e. The molecule has 0 atom stereocenters. The lowest BCUT2D eigenvalue weighted by molar-refractivity contribution is 0.653. The second kappa shape index (κ2) is 5.29. The molecule has 0 saturated heterocycles. The SMILES string of the molecule is O=c1n(Cc2ccncc2)nc2n1-c1cc(Cl)ccc1C1=NCCN12. The highest BCUT2D eigenvalue weighted by Crippen LogP contribution is 2.31. The molecular formula is C17H13ClN6O. The van der Waals surface area contributed by atoms with Crippen LogP contribution in [0.25, 0.3) is 5.69 Å². The minimum absolute atomic E-state index is 0.193. The molecule has 8 heteroatoms. The van der Waals surface area contributed by atoms with E-state index in [0.717, 1.165) is 22.6 Å². The maximum absolute atomic E-state index is 13.0. The van der Waals surface area contributed by atoms with Crippen molar-refractivity contribution in [3.63, 3.8) is 0 Å². The van der Waals surface area contributed by atoms with Crippen molar-refractivity contribution < 1.29 is 0 Å². The van der Waals surface area contributed by atoms with Crippen molar-refractivity contribution in [2.24, 2.45) is 4.99 Å². The molecule has 2 aliphatic heterocycles. The van der Waals surface area contributed by atoms with Gasteiger partial charge in [-0.25, -0.2) is 14.0 Å². The van der Waals surface area contributed by atoms with Gasteiger partial charge in [-0.3, -0.25) is 14.9 Å². The molecule has 5 rings (SSSR count). The summed E-state index contributed by atoms with van der Waals surface area (Å²) in [6.07, 6.45) is 3.41. The van der Waals surface area contributed by atoms with Gasteiger partial charge in [0.2, 0.25) is 5.95 Å². The van der Waals surface area contributed by atoms with Crippen molar-refractivity contribution >= 4 is 23.4 Å². The van der Waals surface area contributed by atoms with Crippen LogP contribution in [0.4, 0.5) is 5.95 Å². The Balaban J connectivity index is 1.71. The number of aromatic nitrogens is 4. The minimum atomic E-state index is -0.193. The minimum Gasteiger partial charge on any atom is -0.293 e. The number of amidine groups is 1. The van der Waals surface area contributed by atoms with Crippen LogP contribution in [0.1, 0.15) is 11.1 Å². The third-order valence-electron chi connectivity index (χ3n) is 4.43. The van der Waals surface area contributed by atoms with Gasteiger partial charge in [0.25, 0.3) is 0 Å². The average Bonchev–Trinajstić information content (AvgIpc) is 3.22. The van der Waals surface area contributed by atoms with Gasteiger partial charge in [0, 0.05) is 29.5 Å². The fraction of sp³-hybridized carbons (Fsp3) is 0.176. The number of nitrogens with zero attached hydrogens (tertiary/aromatic N) is 6. The first-order chi connectivity index (χ1) is 12.2. The average molecular weight is 353 g/mol. The highest BCUT2D eigenvalue weighted by molar-refractivity contribution is 6.31. The van der Waals surface area contributed by atoms with Crippen LogP contribution in [0.2, 0.25) is 5.02 Å². The maximum atomic E-state index is 13.0. The molecule has 0 amide bonds. The topological polar surface area (TPSA) is 68.3 Å². The summed E-state index contributed by atoms with van der Waals surface area (Å²) in [4.78, 5) is 23.6. The van der Waals surface area contributed by atoms with Gasteiger partial charge in [-0.05, 0) is 35.9 Å². The van der Waals surface area contributed by atoms with Gasteiger partial charge >= 0.3 is 5.69 Å². The number of aliphatic imine (C=N–C) groups is 1. The molecule has 0 saturated carbocycles. The van der Waals surface area contributed by atoms with Gasteiger partial charge in [-0.1, -0.05) is 11.6 Å². The van der Waals surface area contributed by atoms with E-state index in [1.165, 1.54) is 4.68 Å². The van der Waals surface area contributed by atoms with E-state index in [1.54, 1.807) is 23.0 Å². The summed E-state index contributed by atoms with van der Waals surface area (Å²) < 4.78 is 3.09. The van der Waals surface area contributed by atoms with Gasteiger partial charge < -0.3 is 0 Å². The number of fused-ring (bicyclic) bond motifs is 6. The van der Waals surface area contributed by atoms with Crippen LogP contribution in [-0.2, 0) is 6.54 Å². The van der Waals surface area contributed by atoms with Crippen LogP contribution in [0.5, 0.6) is 0 Å². The number of halogens is 1. The molecule has 0 fully saturated rings. The highest BCUT2D eigenvalue weighted by Gasteiger charge is 2.34. The zero-order valence-electron chi connectivity index (χ0n) is 13.1. The zero-order valence-corrected chi connectivity index (χ0v) is 13.9. The monoisotopic (exact) mass is 352 g/mol. The normalized spacial score (nSPS) is 14.8. The fourth-order valence-corrected chi connectivity index (χ4v) is 3.46. The first-order valence-corrected chi connectivity index (χ1v) is 8.31. The van der Waals surface area contributed by atoms with E-state index >= 15 is 0 Å². The number of pyridine rings is 1. The summed E-state index contributed by atoms with van der Waals surface area (Å²) in [5.41, 5.74) is 2.40. The Kier molecular flexibility index (Phi) is 3.05. The van der Waals surface area contributed by atoms with Gasteiger partial charge in [0.1, 0.15) is 5.84 Å². The third-order valence-corrected chi connectivity index (χ3v) is 4.66. The molecule has 3 aromatic rings. The van der Waals surface area contributed by atoms with E-state index in [-0.39, 0.29) is 5.69 Å². The predicted octanol–water partition coefficient (Wildman–Crippen LogP) is 1.71. The molecule has 7 nitrogen and oxygen atoms in total. The molecule has 2 aliphatic rings. The van der Waals surface area contributed by atoms with Crippen LogP contribution in [0, 0.1) is 0 Å². The fourth-order valence-electron chi connectivity index (χ4n) is 3.30. The molecule has 0 spiro atoms. The molecule has 124 valence electrons.